The molecule has 1 aliphatic heterocycles. The van der Waals surface area contributed by atoms with E-state index in [-0.39, 0.29) is 21.7 Å². The van der Waals surface area contributed by atoms with E-state index in [1.807, 2.05) is 12.1 Å². The molecule has 2 aliphatic rings. The fourth-order valence-electron chi connectivity index (χ4n) is 3.35. The van der Waals surface area contributed by atoms with Crippen molar-refractivity contribution in [3.8, 4) is 12.3 Å². The van der Waals surface area contributed by atoms with Crippen LogP contribution in [0.5, 0.6) is 0 Å². The van der Waals surface area contributed by atoms with Crippen molar-refractivity contribution in [3.05, 3.63) is 46.2 Å². The van der Waals surface area contributed by atoms with Gasteiger partial charge in [-0.15, -0.1) is 6.42 Å². The van der Waals surface area contributed by atoms with Crippen molar-refractivity contribution in [2.24, 2.45) is 5.92 Å². The highest BCUT2D eigenvalue weighted by atomic mass is 32.2. The van der Waals surface area contributed by atoms with Crippen LogP contribution in [0.25, 0.3) is 0 Å². The lowest BCUT2D eigenvalue weighted by molar-refractivity contribution is 0.399. The SMILES string of the molecule is C#CCNC1(C2CC2)NC=C(C)[SH]1CCc1ccc(C)c(F)c1. The number of rotatable bonds is 6. The van der Waals surface area contributed by atoms with Gasteiger partial charge in [-0.25, -0.2) is 4.39 Å². The smallest absolute Gasteiger partial charge is 0.126 e. The molecule has 2 atom stereocenters. The zero-order valence-corrected chi connectivity index (χ0v) is 14.7. The van der Waals surface area contributed by atoms with E-state index in [0.717, 1.165) is 17.7 Å². The first-order valence-corrected chi connectivity index (χ1v) is 9.75. The van der Waals surface area contributed by atoms with Crippen LogP contribution in [0.3, 0.4) is 0 Å². The zero-order valence-electron chi connectivity index (χ0n) is 13.8. The second-order valence-electron chi connectivity index (χ2n) is 6.51. The number of hydrogen-bond donors (Lipinski definition) is 3. The van der Waals surface area contributed by atoms with Crippen LogP contribution in [0.4, 0.5) is 4.39 Å². The Labute approximate surface area is 141 Å². The summed E-state index contributed by atoms with van der Waals surface area (Å²) in [6.07, 6.45) is 11.0. The van der Waals surface area contributed by atoms with Crippen LogP contribution >= 0.6 is 10.9 Å². The lowest BCUT2D eigenvalue weighted by atomic mass is 10.1. The average Bonchev–Trinajstić information content (AvgIpc) is 3.33. The van der Waals surface area contributed by atoms with Crippen LogP contribution in [0.1, 0.15) is 30.9 Å². The molecule has 0 aromatic heterocycles. The van der Waals surface area contributed by atoms with Crippen LogP contribution in [0.15, 0.2) is 29.3 Å². The number of benzene rings is 1. The Bertz CT molecular complexity index is 660. The van der Waals surface area contributed by atoms with E-state index in [4.69, 9.17) is 6.42 Å². The first-order valence-electron chi connectivity index (χ1n) is 8.22. The minimum Gasteiger partial charge on any atom is -0.365 e. The molecule has 2 N–H and O–H groups in total. The molecule has 1 saturated carbocycles. The summed E-state index contributed by atoms with van der Waals surface area (Å²) in [6.45, 7) is 4.59. The van der Waals surface area contributed by atoms with Crippen LogP contribution in [-0.4, -0.2) is 17.3 Å². The van der Waals surface area contributed by atoms with Gasteiger partial charge in [-0.3, -0.25) is 5.32 Å². The summed E-state index contributed by atoms with van der Waals surface area (Å²) in [5, 5.41) is 7.21. The van der Waals surface area contributed by atoms with Gasteiger partial charge in [0.15, 0.2) is 0 Å². The molecule has 124 valence electrons. The van der Waals surface area contributed by atoms with E-state index in [1.54, 1.807) is 13.0 Å². The van der Waals surface area contributed by atoms with E-state index in [0.29, 0.717) is 18.0 Å². The third-order valence-electron chi connectivity index (χ3n) is 4.84. The fraction of sp³-hybridized carbons (Fsp3) is 0.474. The number of allylic oxidation sites excluding steroid dienone is 1. The number of aryl methyl sites for hydroxylation is 2. The van der Waals surface area contributed by atoms with Gasteiger partial charge in [-0.05, 0) is 61.0 Å². The molecule has 0 bridgehead atoms. The topological polar surface area (TPSA) is 24.1 Å². The highest BCUT2D eigenvalue weighted by Crippen LogP contribution is 2.58. The van der Waals surface area contributed by atoms with Crippen molar-refractivity contribution >= 4 is 10.9 Å². The monoisotopic (exact) mass is 332 g/mol. The van der Waals surface area contributed by atoms with Gasteiger partial charge in [0.1, 0.15) is 10.8 Å². The largest absolute Gasteiger partial charge is 0.365 e. The number of thiol groups is 1. The molecule has 0 radical (unpaired) electrons. The van der Waals surface area contributed by atoms with Crippen molar-refractivity contribution in [2.45, 2.75) is 38.1 Å². The van der Waals surface area contributed by atoms with E-state index in [2.05, 4.69) is 29.7 Å². The molecule has 1 aromatic carbocycles. The fourth-order valence-corrected chi connectivity index (χ4v) is 6.50. The van der Waals surface area contributed by atoms with E-state index in [9.17, 15) is 4.39 Å². The van der Waals surface area contributed by atoms with Crippen molar-refractivity contribution in [1.29, 1.82) is 0 Å². The zero-order chi connectivity index (χ0) is 16.4. The molecule has 3 rings (SSSR count). The van der Waals surface area contributed by atoms with E-state index < -0.39 is 0 Å². The third-order valence-corrected chi connectivity index (χ3v) is 8.00. The van der Waals surface area contributed by atoms with Gasteiger partial charge < -0.3 is 5.32 Å². The minimum absolute atomic E-state index is 0.0466. The van der Waals surface area contributed by atoms with Crippen molar-refractivity contribution in [1.82, 2.24) is 10.6 Å². The first-order chi connectivity index (χ1) is 11.1. The second-order valence-corrected chi connectivity index (χ2v) is 9.23. The van der Waals surface area contributed by atoms with Crippen molar-refractivity contribution in [3.63, 3.8) is 0 Å². The summed E-state index contributed by atoms with van der Waals surface area (Å²) in [4.78, 5) is 1.37. The highest BCUT2D eigenvalue weighted by molar-refractivity contribution is 8.21. The Balaban J connectivity index is 1.74. The molecule has 1 fully saturated rings. The van der Waals surface area contributed by atoms with Crippen LogP contribution in [0.2, 0.25) is 0 Å². The predicted octanol–water partition coefficient (Wildman–Crippen LogP) is 3.43. The van der Waals surface area contributed by atoms with Crippen molar-refractivity contribution in [2.75, 3.05) is 12.3 Å². The Morgan fingerprint density at radius 3 is 2.87 bits per heavy atom. The normalized spacial score (nSPS) is 28.1. The lowest BCUT2D eigenvalue weighted by Gasteiger charge is -2.41. The van der Waals surface area contributed by atoms with Gasteiger partial charge >= 0.3 is 0 Å². The molecule has 0 saturated heterocycles. The number of halogens is 1. The average molecular weight is 332 g/mol. The molecule has 1 heterocycles. The Morgan fingerprint density at radius 2 is 2.22 bits per heavy atom. The van der Waals surface area contributed by atoms with E-state index >= 15 is 0 Å². The predicted molar refractivity (Wildman–Crippen MR) is 97.9 cm³/mol. The van der Waals surface area contributed by atoms with Gasteiger partial charge in [0.25, 0.3) is 0 Å². The van der Waals surface area contributed by atoms with Crippen LogP contribution in [-0.2, 0) is 6.42 Å². The quantitative estimate of drug-likeness (QED) is 0.549. The van der Waals surface area contributed by atoms with Gasteiger partial charge in [0.05, 0.1) is 6.54 Å². The summed E-state index contributed by atoms with van der Waals surface area (Å²) in [7, 11) is -0.363. The maximum absolute atomic E-state index is 13.8. The van der Waals surface area contributed by atoms with Crippen molar-refractivity contribution < 1.29 is 4.39 Å². The standard InChI is InChI=1S/C19H25FN2S/c1-4-10-21-19(17-7-8-17)22-13-15(3)23(19)11-9-16-6-5-14(2)18(20)12-16/h1,5-6,12-13,17,21-23H,7-11H2,2-3H3. The molecule has 0 spiro atoms. The number of hydrogen-bond acceptors (Lipinski definition) is 2. The molecule has 2 nitrogen and oxygen atoms in total. The maximum Gasteiger partial charge on any atom is 0.126 e. The highest BCUT2D eigenvalue weighted by Gasteiger charge is 2.50. The number of nitrogens with one attached hydrogen (secondary N) is 2. The third kappa shape index (κ3) is 3.27. The molecule has 1 aromatic rings. The summed E-state index contributed by atoms with van der Waals surface area (Å²) >= 11 is 0. The molecule has 0 amide bonds. The molecular weight excluding hydrogens is 307 g/mol. The lowest BCUT2D eigenvalue weighted by Crippen LogP contribution is -2.54. The molecular formula is C19H25FN2S. The summed E-state index contributed by atoms with van der Waals surface area (Å²) in [6, 6.07) is 5.60. The van der Waals surface area contributed by atoms with Crippen LogP contribution in [0, 0.1) is 31.0 Å². The number of terminal acetylenes is 1. The first kappa shape index (κ1) is 16.4. The second kappa shape index (κ2) is 6.59. The summed E-state index contributed by atoms with van der Waals surface area (Å²) in [5.41, 5.74) is 1.79. The summed E-state index contributed by atoms with van der Waals surface area (Å²) < 4.78 is 13.8. The summed E-state index contributed by atoms with van der Waals surface area (Å²) in [5.74, 6) is 4.32. The maximum atomic E-state index is 13.8. The van der Waals surface area contributed by atoms with E-state index in [1.165, 1.54) is 17.7 Å². The van der Waals surface area contributed by atoms with Gasteiger partial charge in [0, 0.05) is 12.1 Å². The Kier molecular flexibility index (Phi) is 4.70. The molecule has 2 unspecified atom stereocenters. The molecule has 23 heavy (non-hydrogen) atoms. The Hall–Kier alpha value is -1.44. The van der Waals surface area contributed by atoms with Gasteiger partial charge in [-0.2, -0.15) is 10.9 Å². The van der Waals surface area contributed by atoms with Crippen LogP contribution < -0.4 is 10.6 Å². The molecule has 4 heteroatoms. The van der Waals surface area contributed by atoms with Gasteiger partial charge in [-0.1, -0.05) is 18.1 Å². The molecule has 1 aliphatic carbocycles. The minimum atomic E-state index is -0.363. The Morgan fingerprint density at radius 1 is 1.43 bits per heavy atom. The van der Waals surface area contributed by atoms with Gasteiger partial charge in [0.2, 0.25) is 0 Å².